The lowest BCUT2D eigenvalue weighted by atomic mass is 10.1. The van der Waals surface area contributed by atoms with Crippen molar-refractivity contribution in [1.29, 1.82) is 0 Å². The highest BCUT2D eigenvalue weighted by atomic mass is 35.5. The number of aromatic nitrogens is 2. The first-order valence-corrected chi connectivity index (χ1v) is 27.2. The number of fused-ring (bicyclic) bond motifs is 6. The molecule has 7 aromatic carbocycles. The number of anilines is 2. The van der Waals surface area contributed by atoms with Crippen molar-refractivity contribution in [3.8, 4) is 11.5 Å². The number of benzene rings is 7. The van der Waals surface area contributed by atoms with Gasteiger partial charge < -0.3 is 35.0 Å². The number of rotatable bonds is 20. The highest BCUT2D eigenvalue weighted by Gasteiger charge is 2.18. The monoisotopic (exact) mass is 1070 g/mol. The molecule has 7 N–H and O–H groups in total. The first kappa shape index (κ1) is 53.7. The molecule has 2 aromatic heterocycles. The molecule has 0 saturated heterocycles. The van der Waals surface area contributed by atoms with Crippen LogP contribution in [0.4, 0.5) is 11.4 Å². The van der Waals surface area contributed by atoms with Crippen LogP contribution in [0.3, 0.4) is 0 Å². The molecule has 0 aliphatic rings. The Hall–Kier alpha value is -6.05. The maximum atomic E-state index is 11.7. The summed E-state index contributed by atoms with van der Waals surface area (Å²) in [6, 6.07) is 48.0. The van der Waals surface area contributed by atoms with E-state index in [1.165, 1.54) is 16.8 Å². The van der Waals surface area contributed by atoms with E-state index in [-0.39, 0.29) is 40.4 Å². The summed E-state index contributed by atoms with van der Waals surface area (Å²) in [5.74, 6) is 1.53. The fourth-order valence-electron chi connectivity index (χ4n) is 8.22. The molecule has 0 aliphatic heterocycles. The molecule has 378 valence electrons. The third-order valence-corrected chi connectivity index (χ3v) is 13.4. The summed E-state index contributed by atoms with van der Waals surface area (Å²) in [6.45, 7) is 3.17. The van der Waals surface area contributed by atoms with Crippen LogP contribution in [0.1, 0.15) is 28.9 Å². The van der Waals surface area contributed by atoms with Crippen LogP contribution >= 0.6 is 35.6 Å². The van der Waals surface area contributed by atoms with Crippen LogP contribution in [0.15, 0.2) is 152 Å². The Morgan fingerprint density at radius 2 is 1.04 bits per heavy atom. The lowest BCUT2D eigenvalue weighted by molar-refractivity contribution is 0.0986. The molecule has 0 saturated carbocycles. The van der Waals surface area contributed by atoms with Crippen molar-refractivity contribution in [2.24, 2.45) is 0 Å². The Kier molecular flexibility index (Phi) is 18.0. The van der Waals surface area contributed by atoms with E-state index < -0.39 is 32.3 Å². The number of ether oxygens (including phenoxy) is 2. The van der Waals surface area contributed by atoms with Gasteiger partial charge in [0.15, 0.2) is 0 Å². The summed E-state index contributed by atoms with van der Waals surface area (Å²) in [7, 11) is -6.98. The van der Waals surface area contributed by atoms with Crippen LogP contribution in [0.5, 0.6) is 11.5 Å². The van der Waals surface area contributed by atoms with Gasteiger partial charge in [0, 0.05) is 77.4 Å². The van der Waals surface area contributed by atoms with Gasteiger partial charge in [0.1, 0.15) is 24.7 Å². The summed E-state index contributed by atoms with van der Waals surface area (Å²) in [5, 5.41) is 29.8. The molecular weight excluding hydrogens is 1020 g/mol. The molecule has 2 heterocycles. The van der Waals surface area contributed by atoms with Gasteiger partial charge in [-0.25, -0.2) is 16.8 Å². The van der Waals surface area contributed by atoms with Crippen LogP contribution in [0.2, 0.25) is 10.0 Å². The number of nitrogens with zero attached hydrogens (tertiary/aromatic N) is 1. The third-order valence-electron chi connectivity index (χ3n) is 11.5. The van der Waals surface area contributed by atoms with Gasteiger partial charge in [0.2, 0.25) is 20.0 Å². The molecule has 72 heavy (non-hydrogen) atoms. The molecule has 0 spiro atoms. The van der Waals surface area contributed by atoms with Crippen LogP contribution < -0.4 is 24.2 Å². The van der Waals surface area contributed by atoms with Gasteiger partial charge >= 0.3 is 0 Å². The van der Waals surface area contributed by atoms with Crippen molar-refractivity contribution >= 4 is 111 Å². The zero-order valence-corrected chi connectivity index (χ0v) is 43.3. The van der Waals surface area contributed by atoms with Gasteiger partial charge in [0.05, 0.1) is 57.2 Å². The van der Waals surface area contributed by atoms with E-state index in [9.17, 15) is 27.0 Å². The molecule has 0 aliphatic carbocycles. The van der Waals surface area contributed by atoms with E-state index in [0.717, 1.165) is 62.4 Å². The van der Waals surface area contributed by atoms with E-state index in [1.807, 2.05) is 91.0 Å². The maximum absolute atomic E-state index is 11.7. The van der Waals surface area contributed by atoms with Crippen molar-refractivity contribution in [3.05, 3.63) is 178 Å². The Labute approximate surface area is 434 Å². The molecule has 0 amide bonds. The van der Waals surface area contributed by atoms with Gasteiger partial charge in [-0.05, 0) is 77.4 Å². The second kappa shape index (κ2) is 24.1. The minimum atomic E-state index is -3.51. The predicted octanol–water partition coefficient (Wildman–Crippen LogP) is 10.4. The highest BCUT2D eigenvalue weighted by Crippen LogP contribution is 2.31. The zero-order valence-electron chi connectivity index (χ0n) is 39.3. The second-order valence-electron chi connectivity index (χ2n) is 17.1. The highest BCUT2D eigenvalue weighted by molar-refractivity contribution is 7.92. The molecule has 9 rings (SSSR count). The minimum Gasteiger partial charge on any atom is -0.492 e. The fourth-order valence-corrected chi connectivity index (χ4v) is 9.80. The van der Waals surface area contributed by atoms with Gasteiger partial charge in [0.25, 0.3) is 0 Å². The lowest BCUT2D eigenvalue weighted by Crippen LogP contribution is -2.32. The number of aliphatic hydroxyl groups is 2. The Balaban J connectivity index is 0.000000212. The van der Waals surface area contributed by atoms with Gasteiger partial charge in [-0.1, -0.05) is 102 Å². The Morgan fingerprint density at radius 1 is 0.569 bits per heavy atom. The second-order valence-corrected chi connectivity index (χ2v) is 21.4. The SMILES string of the molecule is CS(=O)(=O)Nc1cc(C(O)CN(CCOc2ccc3c(c2)[nH]c2ccccc23)Cc2ccccc2)ccc1Cl.CS(=O)(=O)Nc1cc(C(O)CNCCOc2ccc3c(c2)[nH]c2ccccc23)ccc1Cl.Cl. The van der Waals surface area contributed by atoms with E-state index in [1.54, 1.807) is 30.3 Å². The Morgan fingerprint density at radius 3 is 1.57 bits per heavy atom. The van der Waals surface area contributed by atoms with Gasteiger partial charge in [-0.3, -0.25) is 14.3 Å². The van der Waals surface area contributed by atoms with Gasteiger partial charge in [-0.2, -0.15) is 0 Å². The normalized spacial score (nSPS) is 12.6. The summed E-state index contributed by atoms with van der Waals surface area (Å²) >= 11 is 12.2. The zero-order chi connectivity index (χ0) is 50.1. The van der Waals surface area contributed by atoms with Crippen molar-refractivity contribution in [3.63, 3.8) is 0 Å². The fraction of sp³-hybridized carbons (Fsp3) is 0.208. The van der Waals surface area contributed by atoms with Crippen LogP contribution in [0, 0.1) is 0 Å². The summed E-state index contributed by atoms with van der Waals surface area (Å²) < 4.78 is 63.0. The van der Waals surface area contributed by atoms with Gasteiger partial charge in [-0.15, -0.1) is 12.4 Å². The van der Waals surface area contributed by atoms with Crippen molar-refractivity contribution in [1.82, 2.24) is 20.2 Å². The maximum Gasteiger partial charge on any atom is 0.229 e. The molecular formula is C53H55Cl3N6O8S2. The number of aromatic amines is 2. The van der Waals surface area contributed by atoms with E-state index in [2.05, 4.69) is 53.9 Å². The first-order valence-electron chi connectivity index (χ1n) is 22.7. The van der Waals surface area contributed by atoms with E-state index in [4.69, 9.17) is 32.7 Å². The number of aliphatic hydroxyl groups excluding tert-OH is 2. The number of sulfonamides is 2. The topological polar surface area (TPSA) is 198 Å². The summed E-state index contributed by atoms with van der Waals surface area (Å²) in [4.78, 5) is 8.95. The average Bonchev–Trinajstić information content (AvgIpc) is 3.90. The van der Waals surface area contributed by atoms with Crippen molar-refractivity contribution in [2.45, 2.75) is 18.8 Å². The molecule has 0 fully saturated rings. The number of hydrogen-bond acceptors (Lipinski definition) is 10. The standard InChI is InChI=1S/C30H30ClN3O4S.C23H24ClN3O4S.ClH/c1-39(36,37)33-29-17-22(11-14-26(29)31)30(35)20-34(19-21-7-3-2-4-8-21)15-16-38-23-12-13-25-24-9-5-6-10-27(24)32-28(25)18-23;1-32(29,30)27-22-12-15(6-9-19(22)24)23(28)14-25-10-11-31-16-7-8-18-17-4-2-3-5-20(17)26-21(18)13-16;/h2-14,17-18,30,32-33,35H,15-16,19-20H2,1H3;2-9,12-13,23,25-28H,10-11,14H2,1H3;1H. The number of nitrogens with one attached hydrogen (secondary N) is 5. The number of halogens is 3. The van der Waals surface area contributed by atoms with Crippen molar-refractivity contribution in [2.75, 3.05) is 61.3 Å². The van der Waals surface area contributed by atoms with Crippen LogP contribution in [0.25, 0.3) is 43.6 Å². The lowest BCUT2D eigenvalue weighted by Gasteiger charge is -2.26. The van der Waals surface area contributed by atoms with Crippen LogP contribution in [-0.4, -0.2) is 93.8 Å². The minimum absolute atomic E-state index is 0. The van der Waals surface area contributed by atoms with Crippen LogP contribution in [-0.2, 0) is 26.6 Å². The smallest absolute Gasteiger partial charge is 0.229 e. The molecule has 9 aromatic rings. The molecule has 19 heteroatoms. The molecule has 14 nitrogen and oxygen atoms in total. The molecule has 0 bridgehead atoms. The third kappa shape index (κ3) is 14.6. The molecule has 0 radical (unpaired) electrons. The van der Waals surface area contributed by atoms with E-state index >= 15 is 0 Å². The number of H-pyrrole nitrogens is 2. The average molecular weight is 1070 g/mol. The number of hydrogen-bond donors (Lipinski definition) is 7. The Bertz CT molecular complexity index is 3510. The number of para-hydroxylation sites is 2. The molecule has 2 atom stereocenters. The largest absolute Gasteiger partial charge is 0.492 e. The predicted molar refractivity (Wildman–Crippen MR) is 294 cm³/mol. The summed E-state index contributed by atoms with van der Waals surface area (Å²) in [6.07, 6.45) is 0.414. The quantitative estimate of drug-likeness (QED) is 0.0361. The molecule has 2 unspecified atom stereocenters. The first-order chi connectivity index (χ1) is 34.0. The van der Waals surface area contributed by atoms with E-state index in [0.29, 0.717) is 50.5 Å². The summed E-state index contributed by atoms with van der Waals surface area (Å²) in [5.41, 5.74) is 6.92. The van der Waals surface area contributed by atoms with Crippen molar-refractivity contribution < 1.29 is 36.5 Å².